The maximum atomic E-state index is 14.4. The second-order valence-corrected chi connectivity index (χ2v) is 13.8. The van der Waals surface area contributed by atoms with Crippen LogP contribution in [0.3, 0.4) is 0 Å². The molecule has 2 aromatic carbocycles. The van der Waals surface area contributed by atoms with Crippen molar-refractivity contribution in [1.29, 1.82) is 0 Å². The molecule has 2 amide bonds. The Morgan fingerprint density at radius 1 is 0.979 bits per heavy atom. The molecule has 0 radical (unpaired) electrons. The third-order valence-electron chi connectivity index (χ3n) is 7.28. The van der Waals surface area contributed by atoms with E-state index in [0.29, 0.717) is 0 Å². The van der Waals surface area contributed by atoms with Gasteiger partial charge in [-0.25, -0.2) is 14.7 Å². The number of rotatable bonds is 7. The van der Waals surface area contributed by atoms with E-state index in [1.54, 1.807) is 78.8 Å². The molecule has 10 nitrogen and oxygen atoms in total. The van der Waals surface area contributed by atoms with Crippen molar-refractivity contribution in [2.24, 2.45) is 0 Å². The topological polar surface area (TPSA) is 120 Å². The third kappa shape index (κ3) is 8.38. The number of carbonyl (C=O) groups is 3. The molecule has 3 aromatic rings. The predicted octanol–water partition coefficient (Wildman–Crippen LogP) is 6.78. The van der Waals surface area contributed by atoms with Gasteiger partial charge in [-0.05, 0) is 77.8 Å². The molecule has 0 bridgehead atoms. The number of nitrogens with zero attached hydrogens (tertiary/aromatic N) is 3. The van der Waals surface area contributed by atoms with Crippen LogP contribution in [0.25, 0.3) is 0 Å². The van der Waals surface area contributed by atoms with E-state index in [9.17, 15) is 32.3 Å². The lowest BCUT2D eigenvalue weighted by molar-refractivity contribution is -0.156. The van der Waals surface area contributed by atoms with E-state index in [1.807, 2.05) is 0 Å². The molecule has 0 unspecified atom stereocenters. The van der Waals surface area contributed by atoms with Crippen LogP contribution in [0.4, 0.5) is 29.3 Å². The average Bonchev–Trinajstić information content (AvgIpc) is 3.23. The summed E-state index contributed by atoms with van der Waals surface area (Å²) >= 11 is 0. The minimum absolute atomic E-state index is 0.0868. The van der Waals surface area contributed by atoms with Gasteiger partial charge in [0.05, 0.1) is 23.9 Å². The Morgan fingerprint density at radius 3 is 2.21 bits per heavy atom. The molecule has 0 saturated carbocycles. The summed E-state index contributed by atoms with van der Waals surface area (Å²) in [5.74, 6) is -1.25. The number of fused-ring (bicyclic) bond motifs is 1. The van der Waals surface area contributed by atoms with Crippen LogP contribution in [-0.2, 0) is 37.2 Å². The summed E-state index contributed by atoms with van der Waals surface area (Å²) in [5, 5.41) is 2.84. The quantitative estimate of drug-likeness (QED) is 0.277. The molecule has 2 heterocycles. The normalized spacial score (nSPS) is 17.9. The van der Waals surface area contributed by atoms with Crippen molar-refractivity contribution in [3.05, 3.63) is 88.1 Å². The van der Waals surface area contributed by atoms with Crippen LogP contribution in [0.1, 0.15) is 84.3 Å². The minimum Gasteiger partial charge on any atom is -0.460 e. The maximum Gasteiger partial charge on any atom is 0.421 e. The SMILES string of the molecule is CC(C)(C)OC(=O)C[C@@]1(C)C[C@@H](C(=O)N(C(=O)OC(C)(C)C)c2ccccc2)n2c1ncc(NCc1cccc(C(F)(F)F)c1)c2=O. The van der Waals surface area contributed by atoms with Crippen molar-refractivity contribution in [2.45, 2.75) is 96.7 Å². The number of anilines is 2. The van der Waals surface area contributed by atoms with Gasteiger partial charge in [-0.1, -0.05) is 37.3 Å². The van der Waals surface area contributed by atoms with Gasteiger partial charge in [0.15, 0.2) is 0 Å². The Balaban J connectivity index is 1.78. The van der Waals surface area contributed by atoms with Gasteiger partial charge in [0.1, 0.15) is 28.8 Å². The number of imide groups is 1. The molecule has 4 rings (SSSR count). The molecule has 0 spiro atoms. The zero-order valence-electron chi connectivity index (χ0n) is 27.4. The molecule has 1 aliphatic heterocycles. The van der Waals surface area contributed by atoms with Crippen LogP contribution in [0.5, 0.6) is 0 Å². The summed E-state index contributed by atoms with van der Waals surface area (Å²) in [6.45, 7) is 11.6. The molecule has 1 aromatic heterocycles. The summed E-state index contributed by atoms with van der Waals surface area (Å²) < 4.78 is 52.1. The average molecular weight is 657 g/mol. The van der Waals surface area contributed by atoms with Gasteiger partial charge in [-0.15, -0.1) is 0 Å². The first-order valence-corrected chi connectivity index (χ1v) is 15.0. The third-order valence-corrected chi connectivity index (χ3v) is 7.28. The highest BCUT2D eigenvalue weighted by molar-refractivity contribution is 6.14. The van der Waals surface area contributed by atoms with Crippen LogP contribution >= 0.6 is 0 Å². The van der Waals surface area contributed by atoms with Crippen molar-refractivity contribution in [1.82, 2.24) is 9.55 Å². The first-order chi connectivity index (χ1) is 21.7. The van der Waals surface area contributed by atoms with Gasteiger partial charge >= 0.3 is 18.2 Å². The predicted molar refractivity (Wildman–Crippen MR) is 169 cm³/mol. The summed E-state index contributed by atoms with van der Waals surface area (Å²) in [7, 11) is 0. The fraction of sp³-hybridized carbons (Fsp3) is 0.441. The van der Waals surface area contributed by atoms with E-state index in [-0.39, 0.29) is 42.1 Å². The number of carbonyl (C=O) groups excluding carboxylic acids is 3. The number of para-hydroxylation sites is 1. The van der Waals surface area contributed by atoms with E-state index in [0.717, 1.165) is 21.6 Å². The van der Waals surface area contributed by atoms with Crippen molar-refractivity contribution in [2.75, 3.05) is 10.2 Å². The summed E-state index contributed by atoms with van der Waals surface area (Å²) in [6.07, 6.45) is -4.59. The molecule has 0 saturated heterocycles. The highest BCUT2D eigenvalue weighted by atomic mass is 19.4. The molecule has 47 heavy (non-hydrogen) atoms. The largest absolute Gasteiger partial charge is 0.460 e. The van der Waals surface area contributed by atoms with Crippen LogP contribution in [0.15, 0.2) is 65.6 Å². The minimum atomic E-state index is -4.55. The number of benzene rings is 2. The molecule has 13 heteroatoms. The Kier molecular flexibility index (Phi) is 9.61. The molecule has 1 aliphatic rings. The summed E-state index contributed by atoms with van der Waals surface area (Å²) in [4.78, 5) is 60.3. The van der Waals surface area contributed by atoms with Gasteiger partial charge in [0.25, 0.3) is 11.5 Å². The van der Waals surface area contributed by atoms with Crippen molar-refractivity contribution < 1.29 is 37.0 Å². The van der Waals surface area contributed by atoms with Gasteiger partial charge in [0, 0.05) is 12.0 Å². The lowest BCUT2D eigenvalue weighted by Crippen LogP contribution is -2.45. The van der Waals surface area contributed by atoms with E-state index < -0.39 is 57.9 Å². The first-order valence-electron chi connectivity index (χ1n) is 15.0. The van der Waals surface area contributed by atoms with Gasteiger partial charge in [-0.3, -0.25) is 19.0 Å². The lowest BCUT2D eigenvalue weighted by Gasteiger charge is -2.29. The number of halogens is 3. The number of amides is 2. The number of alkyl halides is 3. The number of hydrogen-bond acceptors (Lipinski definition) is 8. The second-order valence-electron chi connectivity index (χ2n) is 13.8. The molecule has 0 aliphatic carbocycles. The second kappa shape index (κ2) is 12.8. The van der Waals surface area contributed by atoms with Gasteiger partial charge in [-0.2, -0.15) is 13.2 Å². The van der Waals surface area contributed by atoms with Crippen molar-refractivity contribution in [3.8, 4) is 0 Å². The number of esters is 1. The summed E-state index contributed by atoms with van der Waals surface area (Å²) in [5.41, 5.74) is -4.10. The van der Waals surface area contributed by atoms with Crippen LogP contribution in [0, 0.1) is 0 Å². The Morgan fingerprint density at radius 2 is 1.62 bits per heavy atom. The highest BCUT2D eigenvalue weighted by Crippen LogP contribution is 2.43. The molecule has 1 N–H and O–H groups in total. The van der Waals surface area contributed by atoms with Crippen molar-refractivity contribution >= 4 is 29.3 Å². The number of hydrogen-bond donors (Lipinski definition) is 1. The zero-order chi connectivity index (χ0) is 34.9. The molecular formula is C34H39F3N4O6. The molecule has 0 fully saturated rings. The number of ether oxygens (including phenoxy) is 2. The fourth-order valence-corrected chi connectivity index (χ4v) is 5.39. The lowest BCUT2D eigenvalue weighted by atomic mass is 9.82. The van der Waals surface area contributed by atoms with E-state index in [2.05, 4.69) is 10.3 Å². The van der Waals surface area contributed by atoms with Gasteiger partial charge in [0.2, 0.25) is 0 Å². The first kappa shape index (κ1) is 35.2. The van der Waals surface area contributed by atoms with E-state index in [4.69, 9.17) is 9.47 Å². The van der Waals surface area contributed by atoms with E-state index in [1.165, 1.54) is 18.3 Å². The van der Waals surface area contributed by atoms with Crippen molar-refractivity contribution in [3.63, 3.8) is 0 Å². The van der Waals surface area contributed by atoms with Crippen LogP contribution in [-0.4, -0.2) is 38.7 Å². The fourth-order valence-electron chi connectivity index (χ4n) is 5.39. The van der Waals surface area contributed by atoms with E-state index >= 15 is 0 Å². The molecule has 252 valence electrons. The van der Waals surface area contributed by atoms with Gasteiger partial charge < -0.3 is 14.8 Å². The summed E-state index contributed by atoms with van der Waals surface area (Å²) in [6, 6.07) is 11.4. The Labute approximate surface area is 270 Å². The van der Waals surface area contributed by atoms with Crippen LogP contribution < -0.4 is 15.8 Å². The standard InChI is InChI=1S/C34H39F3N4O6/c1-31(2,3)46-26(42)18-33(7)17-25(28(44)40(23-14-9-8-10-15-23)30(45)47-32(4,5)6)41-27(43)24(20-39-29(33)41)38-19-21-12-11-13-22(16-21)34(35,36)37/h8-16,20,25,38H,17-19H2,1-7H3/t25-,33+/m0/s1. The van der Waals surface area contributed by atoms with Crippen LogP contribution in [0.2, 0.25) is 0 Å². The Bertz CT molecular complexity index is 1710. The number of nitrogens with one attached hydrogen (secondary N) is 1. The molecular weight excluding hydrogens is 617 g/mol. The Hall–Kier alpha value is -4.68. The maximum absolute atomic E-state index is 14.4. The highest BCUT2D eigenvalue weighted by Gasteiger charge is 2.50. The number of aromatic nitrogens is 2. The monoisotopic (exact) mass is 656 g/mol. The smallest absolute Gasteiger partial charge is 0.421 e. The molecule has 2 atom stereocenters. The zero-order valence-corrected chi connectivity index (χ0v) is 27.4.